The fourth-order valence-electron chi connectivity index (χ4n) is 3.08. The van der Waals surface area contributed by atoms with Crippen molar-refractivity contribution in [3.8, 4) is 11.5 Å². The second kappa shape index (κ2) is 5.86. The van der Waals surface area contributed by atoms with Gasteiger partial charge in [0.25, 0.3) is 0 Å². The van der Waals surface area contributed by atoms with E-state index in [1.165, 1.54) is 11.3 Å². The lowest BCUT2D eigenvalue weighted by Crippen LogP contribution is -2.30. The highest BCUT2D eigenvalue weighted by Crippen LogP contribution is 2.30. The van der Waals surface area contributed by atoms with Crippen LogP contribution in [-0.2, 0) is 13.0 Å². The summed E-state index contributed by atoms with van der Waals surface area (Å²) in [5, 5.41) is 0. The fourth-order valence-corrected chi connectivity index (χ4v) is 3.08. The molecule has 118 valence electrons. The van der Waals surface area contributed by atoms with Gasteiger partial charge in [-0.25, -0.2) is 9.83 Å². The Kier molecular flexibility index (Phi) is 3.55. The molecule has 3 aromatic rings. The van der Waals surface area contributed by atoms with Crippen LogP contribution in [0.5, 0.6) is 0 Å². The van der Waals surface area contributed by atoms with Crippen LogP contribution in [0.1, 0.15) is 17.0 Å². The van der Waals surface area contributed by atoms with Gasteiger partial charge in [0.1, 0.15) is 11.5 Å². The number of hydrogen-bond donors (Lipinski definition) is 0. The number of aromatic nitrogens is 1. The monoisotopic (exact) mass is 315 g/mol. The number of benzene rings is 2. The quantitative estimate of drug-likeness (QED) is 0.639. The third-order valence-corrected chi connectivity index (χ3v) is 4.32. The molecule has 0 saturated carbocycles. The molecule has 4 rings (SSSR count). The molecule has 4 heteroatoms. The van der Waals surface area contributed by atoms with Crippen LogP contribution < -0.4 is 4.90 Å². The number of aryl methyl sites for hydroxylation is 1. The van der Waals surface area contributed by atoms with Crippen LogP contribution >= 0.6 is 0 Å². The van der Waals surface area contributed by atoms with Crippen LogP contribution in [0.2, 0.25) is 0 Å². The predicted octanol–water partition coefficient (Wildman–Crippen LogP) is 4.76. The van der Waals surface area contributed by atoms with E-state index < -0.39 is 0 Å². The van der Waals surface area contributed by atoms with E-state index in [0.717, 1.165) is 36.5 Å². The van der Waals surface area contributed by atoms with Crippen LogP contribution in [-0.4, -0.2) is 11.5 Å². The van der Waals surface area contributed by atoms with Crippen molar-refractivity contribution >= 4 is 11.4 Å². The van der Waals surface area contributed by atoms with Crippen molar-refractivity contribution < 1.29 is 4.42 Å². The lowest BCUT2D eigenvalue weighted by atomic mass is 10.1. The van der Waals surface area contributed by atoms with E-state index in [1.54, 1.807) is 6.07 Å². The first-order chi connectivity index (χ1) is 11.7. The van der Waals surface area contributed by atoms with E-state index in [-0.39, 0.29) is 0 Å². The molecule has 0 atom stereocenters. The summed E-state index contributed by atoms with van der Waals surface area (Å²) in [5.41, 5.74) is 4.94. The average Bonchev–Trinajstić information content (AvgIpc) is 3.05. The van der Waals surface area contributed by atoms with Gasteiger partial charge in [-0.2, -0.15) is 0 Å². The summed E-state index contributed by atoms with van der Waals surface area (Å²) < 4.78 is 5.96. The zero-order valence-corrected chi connectivity index (χ0v) is 13.5. The highest BCUT2D eigenvalue weighted by Gasteiger charge is 2.23. The normalized spacial score (nSPS) is 13.4. The first-order valence-corrected chi connectivity index (χ1v) is 8.01. The number of oxazole rings is 1. The van der Waals surface area contributed by atoms with Crippen LogP contribution in [0.15, 0.2) is 52.9 Å². The molecule has 0 saturated heterocycles. The Bertz CT molecular complexity index is 936. The number of rotatable bonds is 2. The first-order valence-electron chi connectivity index (χ1n) is 8.01. The van der Waals surface area contributed by atoms with Crippen LogP contribution in [0.25, 0.3) is 16.3 Å². The summed E-state index contributed by atoms with van der Waals surface area (Å²) in [6.07, 6.45) is 0.846. The maximum Gasteiger partial charge on any atom is 0.225 e. The number of anilines is 1. The third-order valence-electron chi connectivity index (χ3n) is 4.32. The summed E-state index contributed by atoms with van der Waals surface area (Å²) in [5.74, 6) is 1.57. The molecule has 1 aliphatic heterocycles. The Balaban J connectivity index is 1.63. The van der Waals surface area contributed by atoms with Crippen LogP contribution in [0, 0.1) is 13.5 Å². The van der Waals surface area contributed by atoms with Gasteiger partial charge in [-0.15, -0.1) is 0 Å². The molecule has 24 heavy (non-hydrogen) atoms. The van der Waals surface area contributed by atoms with Gasteiger partial charge < -0.3 is 9.32 Å². The maximum absolute atomic E-state index is 7.14. The minimum Gasteiger partial charge on any atom is -0.441 e. The van der Waals surface area contributed by atoms with Gasteiger partial charge in [0.05, 0.1) is 13.1 Å². The van der Waals surface area contributed by atoms with E-state index in [1.807, 2.05) is 18.2 Å². The van der Waals surface area contributed by atoms with Gasteiger partial charge in [0.2, 0.25) is 5.89 Å². The van der Waals surface area contributed by atoms with Crippen molar-refractivity contribution in [2.75, 3.05) is 11.4 Å². The number of hydrogen-bond acceptors (Lipinski definition) is 3. The lowest BCUT2D eigenvalue weighted by Gasteiger charge is -2.27. The summed E-state index contributed by atoms with van der Waals surface area (Å²) in [7, 11) is 0. The van der Waals surface area contributed by atoms with Gasteiger partial charge in [-0.3, -0.25) is 0 Å². The first kappa shape index (κ1) is 14.5. The number of nitrogens with zero attached hydrogens (tertiary/aromatic N) is 3. The molecule has 0 fully saturated rings. The molecule has 0 N–H and O–H groups in total. The molecule has 0 aliphatic carbocycles. The van der Waals surface area contributed by atoms with Gasteiger partial charge >= 0.3 is 0 Å². The third kappa shape index (κ3) is 2.65. The van der Waals surface area contributed by atoms with Crippen molar-refractivity contribution in [3.05, 3.63) is 77.0 Å². The van der Waals surface area contributed by atoms with Crippen molar-refractivity contribution in [2.24, 2.45) is 0 Å². The molecule has 0 spiro atoms. The highest BCUT2D eigenvalue weighted by molar-refractivity contribution is 5.62. The minimum absolute atomic E-state index is 0.602. The van der Waals surface area contributed by atoms with Gasteiger partial charge in [0.15, 0.2) is 5.69 Å². The summed E-state index contributed by atoms with van der Waals surface area (Å²) in [4.78, 5) is 10.5. The van der Waals surface area contributed by atoms with E-state index in [9.17, 15) is 0 Å². The van der Waals surface area contributed by atoms with E-state index >= 15 is 0 Å². The Morgan fingerprint density at radius 3 is 2.88 bits per heavy atom. The Labute approximate surface area is 141 Å². The van der Waals surface area contributed by atoms with E-state index in [0.29, 0.717) is 11.6 Å². The predicted molar refractivity (Wildman–Crippen MR) is 94.1 cm³/mol. The SMILES string of the molecule is [C-]#[N+]c1cccc(-c2nc3c(o2)CCN(c2cccc(C)c2)C3)c1. The van der Waals surface area contributed by atoms with Gasteiger partial charge in [-0.1, -0.05) is 30.3 Å². The number of fused-ring (bicyclic) bond motifs is 1. The van der Waals surface area contributed by atoms with Crippen molar-refractivity contribution in [3.63, 3.8) is 0 Å². The van der Waals surface area contributed by atoms with Crippen molar-refractivity contribution in [1.29, 1.82) is 0 Å². The van der Waals surface area contributed by atoms with Crippen molar-refractivity contribution in [2.45, 2.75) is 19.9 Å². The Morgan fingerprint density at radius 2 is 2.04 bits per heavy atom. The standard InChI is InChI=1S/C20H17N3O/c1-14-5-3-8-17(11-14)23-10-9-19-18(13-23)22-20(24-19)15-6-4-7-16(12-15)21-2/h3-8,11-12H,9-10,13H2,1H3. The second-order valence-corrected chi connectivity index (χ2v) is 6.06. The molecule has 4 nitrogen and oxygen atoms in total. The van der Waals surface area contributed by atoms with Crippen LogP contribution in [0.3, 0.4) is 0 Å². The maximum atomic E-state index is 7.14. The van der Waals surface area contributed by atoms with Crippen LogP contribution in [0.4, 0.5) is 11.4 Å². The summed E-state index contributed by atoms with van der Waals surface area (Å²) >= 11 is 0. The minimum atomic E-state index is 0.602. The highest BCUT2D eigenvalue weighted by atomic mass is 16.4. The Hall–Kier alpha value is -3.06. The Morgan fingerprint density at radius 1 is 1.17 bits per heavy atom. The molecule has 0 bridgehead atoms. The zero-order chi connectivity index (χ0) is 16.5. The molecular weight excluding hydrogens is 298 g/mol. The molecule has 2 aromatic carbocycles. The molecule has 1 aromatic heterocycles. The average molecular weight is 315 g/mol. The summed E-state index contributed by atoms with van der Waals surface area (Å²) in [6, 6.07) is 15.9. The molecule has 0 amide bonds. The zero-order valence-electron chi connectivity index (χ0n) is 13.5. The summed E-state index contributed by atoms with van der Waals surface area (Å²) in [6.45, 7) is 10.9. The topological polar surface area (TPSA) is 33.6 Å². The van der Waals surface area contributed by atoms with Gasteiger partial charge in [-0.05, 0) is 30.7 Å². The lowest BCUT2D eigenvalue weighted by molar-refractivity contribution is 0.499. The molecular formula is C20H17N3O. The smallest absolute Gasteiger partial charge is 0.225 e. The fraction of sp³-hybridized carbons (Fsp3) is 0.200. The molecule has 1 aliphatic rings. The van der Waals surface area contributed by atoms with E-state index in [4.69, 9.17) is 11.0 Å². The van der Waals surface area contributed by atoms with Crippen molar-refractivity contribution in [1.82, 2.24) is 4.98 Å². The van der Waals surface area contributed by atoms with E-state index in [2.05, 4.69) is 45.9 Å². The molecule has 0 radical (unpaired) electrons. The molecule has 0 unspecified atom stereocenters. The largest absolute Gasteiger partial charge is 0.441 e. The second-order valence-electron chi connectivity index (χ2n) is 6.06. The molecule has 2 heterocycles. The van der Waals surface area contributed by atoms with Gasteiger partial charge in [0, 0.05) is 24.2 Å².